The van der Waals surface area contributed by atoms with Gasteiger partial charge in [0.1, 0.15) is 0 Å². The molecular weight excluding hydrogens is 302 g/mol. The molecule has 2 aromatic rings. The van der Waals surface area contributed by atoms with Crippen LogP contribution in [0.25, 0.3) is 0 Å². The van der Waals surface area contributed by atoms with Crippen molar-refractivity contribution in [1.82, 2.24) is 9.78 Å². The lowest BCUT2D eigenvalue weighted by Crippen LogP contribution is -2.03. The third-order valence-electron chi connectivity index (χ3n) is 3.85. The number of benzene rings is 1. The summed E-state index contributed by atoms with van der Waals surface area (Å²) in [7, 11) is 0. The Morgan fingerprint density at radius 2 is 2.00 bits per heavy atom. The van der Waals surface area contributed by atoms with Gasteiger partial charge in [0.25, 0.3) is 0 Å². The normalized spacial score (nSPS) is 16.1. The maximum Gasteiger partial charge on any atom is 0.0884 e. The van der Waals surface area contributed by atoms with Crippen LogP contribution >= 0.6 is 15.9 Å². The van der Waals surface area contributed by atoms with E-state index in [1.165, 1.54) is 31.2 Å². The molecule has 0 unspecified atom stereocenters. The molecule has 2 N–H and O–H groups in total. The molecule has 1 fully saturated rings. The van der Waals surface area contributed by atoms with Gasteiger partial charge in [-0.25, -0.2) is 0 Å². The van der Waals surface area contributed by atoms with Gasteiger partial charge >= 0.3 is 0 Å². The van der Waals surface area contributed by atoms with Crippen molar-refractivity contribution in [2.45, 2.75) is 38.1 Å². The topological polar surface area (TPSA) is 43.8 Å². The van der Waals surface area contributed by atoms with E-state index in [9.17, 15) is 0 Å². The Morgan fingerprint density at radius 3 is 2.74 bits per heavy atom. The highest BCUT2D eigenvalue weighted by Crippen LogP contribution is 2.35. The van der Waals surface area contributed by atoms with Crippen molar-refractivity contribution in [2.75, 3.05) is 5.73 Å². The minimum Gasteiger partial charge on any atom is -0.396 e. The Bertz CT molecular complexity index is 571. The van der Waals surface area contributed by atoms with E-state index in [4.69, 9.17) is 10.8 Å². The van der Waals surface area contributed by atoms with Gasteiger partial charge in [-0.05, 0) is 24.5 Å². The molecule has 0 bridgehead atoms. The number of halogens is 1. The molecule has 19 heavy (non-hydrogen) atoms. The number of nitrogen functional groups attached to an aromatic ring is 1. The fourth-order valence-electron chi connectivity index (χ4n) is 2.85. The Kier molecular flexibility index (Phi) is 3.60. The number of nitrogens with two attached hydrogens (primary N) is 1. The predicted octanol–water partition coefficient (Wildman–Crippen LogP) is 3.93. The fourth-order valence-corrected chi connectivity index (χ4v) is 3.26. The first-order valence-electron chi connectivity index (χ1n) is 6.80. The molecule has 100 valence electrons. The first-order chi connectivity index (χ1) is 9.24. The summed E-state index contributed by atoms with van der Waals surface area (Å²) < 4.78 is 3.08. The number of hydrogen-bond acceptors (Lipinski definition) is 2. The highest BCUT2D eigenvalue weighted by molar-refractivity contribution is 9.10. The predicted molar refractivity (Wildman–Crippen MR) is 81.1 cm³/mol. The molecule has 4 heteroatoms. The van der Waals surface area contributed by atoms with E-state index in [0.717, 1.165) is 22.4 Å². The molecular formula is C15H18BrN3. The van der Waals surface area contributed by atoms with Crippen LogP contribution in [0.2, 0.25) is 0 Å². The molecule has 1 aromatic heterocycles. The summed E-state index contributed by atoms with van der Waals surface area (Å²) in [4.78, 5) is 0. The van der Waals surface area contributed by atoms with Gasteiger partial charge in [-0.15, -0.1) is 0 Å². The highest BCUT2D eigenvalue weighted by Gasteiger charge is 2.22. The standard InChI is InChI=1S/C15H18BrN3/c16-13-8-4-3-7-12(13)9-19-10-14(17)15(18-19)11-5-1-2-6-11/h3-4,7-8,10-11H,1-2,5-6,9,17H2. The van der Waals surface area contributed by atoms with Crippen LogP contribution in [0, 0.1) is 0 Å². The van der Waals surface area contributed by atoms with Crippen LogP contribution in [0.4, 0.5) is 5.69 Å². The van der Waals surface area contributed by atoms with Gasteiger partial charge in [0, 0.05) is 16.6 Å². The number of aromatic nitrogens is 2. The molecule has 0 atom stereocenters. The summed E-state index contributed by atoms with van der Waals surface area (Å²) in [6.07, 6.45) is 7.04. The third kappa shape index (κ3) is 2.68. The van der Waals surface area contributed by atoms with Crippen molar-refractivity contribution in [2.24, 2.45) is 0 Å². The van der Waals surface area contributed by atoms with Crippen LogP contribution in [0.1, 0.15) is 42.9 Å². The molecule has 0 aliphatic heterocycles. The summed E-state index contributed by atoms with van der Waals surface area (Å²) in [6, 6.07) is 8.23. The maximum absolute atomic E-state index is 6.12. The molecule has 0 radical (unpaired) electrons. The Balaban J connectivity index is 1.82. The first kappa shape index (κ1) is 12.7. The summed E-state index contributed by atoms with van der Waals surface area (Å²) in [5, 5.41) is 4.70. The molecule has 0 saturated heterocycles. The van der Waals surface area contributed by atoms with Gasteiger partial charge in [0.15, 0.2) is 0 Å². The Labute approximate surface area is 121 Å². The minimum atomic E-state index is 0.570. The number of anilines is 1. The quantitative estimate of drug-likeness (QED) is 0.931. The summed E-state index contributed by atoms with van der Waals surface area (Å²) in [5.74, 6) is 0.570. The van der Waals surface area contributed by atoms with E-state index in [2.05, 4.69) is 28.1 Å². The molecule has 0 spiro atoms. The van der Waals surface area contributed by atoms with Gasteiger partial charge in [-0.2, -0.15) is 5.10 Å². The highest BCUT2D eigenvalue weighted by atomic mass is 79.9. The van der Waals surface area contributed by atoms with Gasteiger partial charge in [0.05, 0.1) is 17.9 Å². The zero-order valence-corrected chi connectivity index (χ0v) is 12.4. The van der Waals surface area contributed by atoms with Gasteiger partial charge < -0.3 is 5.73 Å². The van der Waals surface area contributed by atoms with Gasteiger partial charge in [0.2, 0.25) is 0 Å². The minimum absolute atomic E-state index is 0.570. The van der Waals surface area contributed by atoms with E-state index < -0.39 is 0 Å². The lowest BCUT2D eigenvalue weighted by Gasteiger charge is -2.06. The van der Waals surface area contributed by atoms with Gasteiger partial charge in [-0.1, -0.05) is 47.0 Å². The molecule has 3 rings (SSSR count). The molecule has 0 amide bonds. The smallest absolute Gasteiger partial charge is 0.0884 e. The zero-order valence-electron chi connectivity index (χ0n) is 10.8. The van der Waals surface area contributed by atoms with E-state index >= 15 is 0 Å². The number of rotatable bonds is 3. The monoisotopic (exact) mass is 319 g/mol. The average molecular weight is 320 g/mol. The van der Waals surface area contributed by atoms with E-state index in [1.807, 2.05) is 23.0 Å². The van der Waals surface area contributed by atoms with Crippen LogP contribution in [-0.2, 0) is 6.54 Å². The SMILES string of the molecule is Nc1cn(Cc2ccccc2Br)nc1C1CCCC1. The fraction of sp³-hybridized carbons (Fsp3) is 0.400. The third-order valence-corrected chi connectivity index (χ3v) is 4.63. The van der Waals surface area contributed by atoms with E-state index in [0.29, 0.717) is 5.92 Å². The van der Waals surface area contributed by atoms with Crippen LogP contribution in [0.5, 0.6) is 0 Å². The molecule has 1 saturated carbocycles. The molecule has 1 aliphatic carbocycles. The van der Waals surface area contributed by atoms with E-state index in [1.54, 1.807) is 0 Å². The van der Waals surface area contributed by atoms with Crippen molar-refractivity contribution in [1.29, 1.82) is 0 Å². The molecule has 1 aliphatic rings. The lowest BCUT2D eigenvalue weighted by molar-refractivity contribution is 0.628. The number of nitrogens with zero attached hydrogens (tertiary/aromatic N) is 2. The van der Waals surface area contributed by atoms with Crippen molar-refractivity contribution in [3.8, 4) is 0 Å². The van der Waals surface area contributed by atoms with E-state index in [-0.39, 0.29) is 0 Å². The molecule has 1 aromatic carbocycles. The van der Waals surface area contributed by atoms with Crippen molar-refractivity contribution < 1.29 is 0 Å². The van der Waals surface area contributed by atoms with Crippen LogP contribution in [0.3, 0.4) is 0 Å². The van der Waals surface area contributed by atoms with Crippen molar-refractivity contribution in [3.63, 3.8) is 0 Å². The Hall–Kier alpha value is -1.29. The van der Waals surface area contributed by atoms with Crippen LogP contribution < -0.4 is 5.73 Å². The van der Waals surface area contributed by atoms with Crippen molar-refractivity contribution in [3.05, 3.63) is 46.2 Å². The maximum atomic E-state index is 6.12. The summed E-state index contributed by atoms with van der Waals surface area (Å²) in [5.41, 5.74) is 9.29. The van der Waals surface area contributed by atoms with Crippen LogP contribution in [0.15, 0.2) is 34.9 Å². The molecule has 3 nitrogen and oxygen atoms in total. The Morgan fingerprint density at radius 1 is 1.26 bits per heavy atom. The van der Waals surface area contributed by atoms with Crippen molar-refractivity contribution >= 4 is 21.6 Å². The average Bonchev–Trinajstić information content (AvgIpc) is 3.01. The summed E-state index contributed by atoms with van der Waals surface area (Å²) in [6.45, 7) is 0.762. The second-order valence-corrected chi connectivity index (χ2v) is 6.09. The summed E-state index contributed by atoms with van der Waals surface area (Å²) >= 11 is 3.57. The lowest BCUT2D eigenvalue weighted by atomic mass is 10.0. The molecule has 1 heterocycles. The second kappa shape index (κ2) is 5.37. The van der Waals surface area contributed by atoms with Crippen LogP contribution in [-0.4, -0.2) is 9.78 Å². The van der Waals surface area contributed by atoms with Gasteiger partial charge in [-0.3, -0.25) is 4.68 Å². The number of hydrogen-bond donors (Lipinski definition) is 1. The first-order valence-corrected chi connectivity index (χ1v) is 7.59. The zero-order chi connectivity index (χ0) is 13.2. The second-order valence-electron chi connectivity index (χ2n) is 5.24. The largest absolute Gasteiger partial charge is 0.396 e.